The standard InChI is InChI=1S/C12H26N2/c1-6-8-12(4)14(5)10-11(3)9-13-7-2/h12-13H,3,6-10H2,1-2,4-5H3. The van der Waals surface area contributed by atoms with E-state index in [2.05, 4.69) is 44.6 Å². The summed E-state index contributed by atoms with van der Waals surface area (Å²) in [5.41, 5.74) is 1.28. The quantitative estimate of drug-likeness (QED) is 0.602. The second-order valence-electron chi connectivity index (χ2n) is 4.08. The highest BCUT2D eigenvalue weighted by Crippen LogP contribution is 2.05. The molecule has 0 radical (unpaired) electrons. The molecular formula is C12H26N2. The van der Waals surface area contributed by atoms with Gasteiger partial charge in [-0.2, -0.15) is 0 Å². The van der Waals surface area contributed by atoms with Crippen LogP contribution in [0.2, 0.25) is 0 Å². The molecule has 0 aliphatic carbocycles. The van der Waals surface area contributed by atoms with Crippen LogP contribution in [0.4, 0.5) is 0 Å². The van der Waals surface area contributed by atoms with Gasteiger partial charge in [0.05, 0.1) is 0 Å². The van der Waals surface area contributed by atoms with Crippen LogP contribution in [0.3, 0.4) is 0 Å². The Balaban J connectivity index is 3.69. The van der Waals surface area contributed by atoms with Gasteiger partial charge in [0.25, 0.3) is 0 Å². The fourth-order valence-electron chi connectivity index (χ4n) is 1.50. The molecule has 0 aromatic rings. The molecule has 0 rings (SSSR count). The average molecular weight is 198 g/mol. The minimum Gasteiger partial charge on any atom is -0.313 e. The van der Waals surface area contributed by atoms with Crippen LogP contribution in [-0.4, -0.2) is 37.6 Å². The molecule has 0 spiro atoms. The van der Waals surface area contributed by atoms with Crippen LogP contribution >= 0.6 is 0 Å². The maximum absolute atomic E-state index is 4.07. The summed E-state index contributed by atoms with van der Waals surface area (Å²) < 4.78 is 0. The van der Waals surface area contributed by atoms with Crippen molar-refractivity contribution in [3.05, 3.63) is 12.2 Å². The second kappa shape index (κ2) is 8.01. The number of nitrogens with one attached hydrogen (secondary N) is 1. The Morgan fingerprint density at radius 2 is 2.07 bits per heavy atom. The van der Waals surface area contributed by atoms with Crippen LogP contribution in [0.1, 0.15) is 33.6 Å². The van der Waals surface area contributed by atoms with E-state index in [1.165, 1.54) is 18.4 Å². The first-order chi connectivity index (χ1) is 6.61. The van der Waals surface area contributed by atoms with Gasteiger partial charge in [-0.25, -0.2) is 0 Å². The van der Waals surface area contributed by atoms with Crippen LogP contribution in [0.15, 0.2) is 12.2 Å². The van der Waals surface area contributed by atoms with Gasteiger partial charge in [0.15, 0.2) is 0 Å². The van der Waals surface area contributed by atoms with E-state index in [1.807, 2.05) is 0 Å². The lowest BCUT2D eigenvalue weighted by atomic mass is 10.1. The molecule has 0 heterocycles. The van der Waals surface area contributed by atoms with Crippen molar-refractivity contribution in [1.29, 1.82) is 0 Å². The molecule has 1 atom stereocenters. The highest BCUT2D eigenvalue weighted by Gasteiger charge is 2.08. The minimum absolute atomic E-state index is 0.665. The summed E-state index contributed by atoms with van der Waals surface area (Å²) in [6.07, 6.45) is 2.52. The lowest BCUT2D eigenvalue weighted by Crippen LogP contribution is -2.32. The van der Waals surface area contributed by atoms with Crippen LogP contribution in [0, 0.1) is 0 Å². The van der Waals surface area contributed by atoms with Gasteiger partial charge in [-0.15, -0.1) is 0 Å². The monoisotopic (exact) mass is 198 g/mol. The molecule has 0 aromatic carbocycles. The molecule has 2 heteroatoms. The van der Waals surface area contributed by atoms with Crippen molar-refractivity contribution in [2.45, 2.75) is 39.7 Å². The molecule has 0 aromatic heterocycles. The molecule has 0 bridgehead atoms. The van der Waals surface area contributed by atoms with E-state index in [0.29, 0.717) is 6.04 Å². The van der Waals surface area contributed by atoms with Crippen molar-refractivity contribution < 1.29 is 0 Å². The van der Waals surface area contributed by atoms with Gasteiger partial charge in [-0.1, -0.05) is 26.8 Å². The maximum atomic E-state index is 4.07. The minimum atomic E-state index is 0.665. The molecule has 0 aliphatic rings. The van der Waals surface area contributed by atoms with Gasteiger partial charge in [-0.3, -0.25) is 4.90 Å². The van der Waals surface area contributed by atoms with Gasteiger partial charge in [0, 0.05) is 19.1 Å². The van der Waals surface area contributed by atoms with Crippen LogP contribution in [0.25, 0.3) is 0 Å². The molecule has 0 saturated carbocycles. The Hall–Kier alpha value is -0.340. The highest BCUT2D eigenvalue weighted by atomic mass is 15.1. The Bertz CT molecular complexity index is 154. The highest BCUT2D eigenvalue weighted by molar-refractivity contribution is 4.99. The van der Waals surface area contributed by atoms with Crippen molar-refractivity contribution in [2.75, 3.05) is 26.7 Å². The van der Waals surface area contributed by atoms with E-state index in [-0.39, 0.29) is 0 Å². The largest absolute Gasteiger partial charge is 0.313 e. The first kappa shape index (κ1) is 13.7. The van der Waals surface area contributed by atoms with Gasteiger partial charge < -0.3 is 5.32 Å². The summed E-state index contributed by atoms with van der Waals surface area (Å²) in [6.45, 7) is 13.7. The van der Waals surface area contributed by atoms with Crippen LogP contribution in [0.5, 0.6) is 0 Å². The fourth-order valence-corrected chi connectivity index (χ4v) is 1.50. The molecule has 2 nitrogen and oxygen atoms in total. The Morgan fingerprint density at radius 3 is 2.57 bits per heavy atom. The molecule has 0 amide bonds. The molecule has 14 heavy (non-hydrogen) atoms. The molecular weight excluding hydrogens is 172 g/mol. The molecule has 0 fully saturated rings. The second-order valence-corrected chi connectivity index (χ2v) is 4.08. The summed E-state index contributed by atoms with van der Waals surface area (Å²) in [7, 11) is 2.18. The SMILES string of the molecule is C=C(CNCC)CN(C)C(C)CCC. The number of hydrogen-bond donors (Lipinski definition) is 1. The van der Waals surface area contributed by atoms with E-state index in [0.717, 1.165) is 19.6 Å². The molecule has 0 aliphatic heterocycles. The van der Waals surface area contributed by atoms with Gasteiger partial charge in [0.2, 0.25) is 0 Å². The Kier molecular flexibility index (Phi) is 7.81. The molecule has 84 valence electrons. The van der Waals surface area contributed by atoms with Gasteiger partial charge in [0.1, 0.15) is 0 Å². The zero-order chi connectivity index (χ0) is 11.0. The van der Waals surface area contributed by atoms with Gasteiger partial charge >= 0.3 is 0 Å². The third-order valence-electron chi connectivity index (χ3n) is 2.56. The summed E-state index contributed by atoms with van der Waals surface area (Å²) in [6, 6.07) is 0.665. The van der Waals surface area contributed by atoms with E-state index in [9.17, 15) is 0 Å². The number of likely N-dealkylation sites (N-methyl/N-ethyl adjacent to an activating group) is 2. The van der Waals surface area contributed by atoms with E-state index < -0.39 is 0 Å². The lowest BCUT2D eigenvalue weighted by Gasteiger charge is -2.25. The number of hydrogen-bond acceptors (Lipinski definition) is 2. The molecule has 1 unspecified atom stereocenters. The summed E-state index contributed by atoms with van der Waals surface area (Å²) in [5.74, 6) is 0. The number of nitrogens with zero attached hydrogens (tertiary/aromatic N) is 1. The van der Waals surface area contributed by atoms with Gasteiger partial charge in [-0.05, 0) is 32.5 Å². The summed E-state index contributed by atoms with van der Waals surface area (Å²) in [4.78, 5) is 2.38. The normalized spacial score (nSPS) is 13.2. The van der Waals surface area contributed by atoms with E-state index in [1.54, 1.807) is 0 Å². The van der Waals surface area contributed by atoms with E-state index in [4.69, 9.17) is 0 Å². The maximum Gasteiger partial charge on any atom is 0.0202 e. The topological polar surface area (TPSA) is 15.3 Å². The first-order valence-electron chi connectivity index (χ1n) is 5.69. The first-order valence-corrected chi connectivity index (χ1v) is 5.69. The Labute approximate surface area is 89.4 Å². The average Bonchev–Trinajstić information content (AvgIpc) is 2.15. The van der Waals surface area contributed by atoms with Crippen molar-refractivity contribution >= 4 is 0 Å². The fraction of sp³-hybridized carbons (Fsp3) is 0.833. The zero-order valence-corrected chi connectivity index (χ0v) is 10.3. The number of rotatable bonds is 8. The van der Waals surface area contributed by atoms with Crippen LogP contribution in [-0.2, 0) is 0 Å². The third-order valence-corrected chi connectivity index (χ3v) is 2.56. The van der Waals surface area contributed by atoms with Crippen LogP contribution < -0.4 is 5.32 Å². The van der Waals surface area contributed by atoms with E-state index >= 15 is 0 Å². The van der Waals surface area contributed by atoms with Crippen molar-refractivity contribution in [3.63, 3.8) is 0 Å². The smallest absolute Gasteiger partial charge is 0.0202 e. The predicted molar refractivity (Wildman–Crippen MR) is 64.7 cm³/mol. The predicted octanol–water partition coefficient (Wildman–Crippen LogP) is 2.27. The molecule has 1 N–H and O–H groups in total. The molecule has 0 saturated heterocycles. The zero-order valence-electron chi connectivity index (χ0n) is 10.3. The summed E-state index contributed by atoms with van der Waals surface area (Å²) in [5, 5.41) is 3.30. The lowest BCUT2D eigenvalue weighted by molar-refractivity contribution is 0.263. The Morgan fingerprint density at radius 1 is 1.43 bits per heavy atom. The van der Waals surface area contributed by atoms with Crippen molar-refractivity contribution in [2.24, 2.45) is 0 Å². The third kappa shape index (κ3) is 6.17. The summed E-state index contributed by atoms with van der Waals surface area (Å²) >= 11 is 0. The van der Waals surface area contributed by atoms with Crippen molar-refractivity contribution in [1.82, 2.24) is 10.2 Å². The van der Waals surface area contributed by atoms with Crippen molar-refractivity contribution in [3.8, 4) is 0 Å².